The van der Waals surface area contributed by atoms with Gasteiger partial charge in [-0.2, -0.15) is 0 Å². The Morgan fingerprint density at radius 1 is 1.38 bits per heavy atom. The first-order valence-electron chi connectivity index (χ1n) is 7.46. The van der Waals surface area contributed by atoms with Crippen molar-refractivity contribution in [2.75, 3.05) is 28.5 Å². The third-order valence-electron chi connectivity index (χ3n) is 3.85. The predicted octanol–water partition coefficient (Wildman–Crippen LogP) is 2.04. The van der Waals surface area contributed by atoms with Crippen molar-refractivity contribution >= 4 is 38.0 Å². The number of carboxylic acid groups (broad SMARTS) is 1. The Hall–Kier alpha value is -2.13. The SMILES string of the molecule is O=C(O)c1ncsc1NS(=O)(=O)CCN1CCCc2ccccc21. The van der Waals surface area contributed by atoms with Crippen LogP contribution in [0.25, 0.3) is 0 Å². The lowest BCUT2D eigenvalue weighted by atomic mass is 10.0. The van der Waals surface area contributed by atoms with Gasteiger partial charge < -0.3 is 10.0 Å². The van der Waals surface area contributed by atoms with Crippen molar-refractivity contribution in [3.8, 4) is 0 Å². The van der Waals surface area contributed by atoms with Gasteiger partial charge in [-0.05, 0) is 24.5 Å². The zero-order valence-electron chi connectivity index (χ0n) is 12.8. The smallest absolute Gasteiger partial charge is 0.357 e. The maximum Gasteiger partial charge on any atom is 0.357 e. The molecule has 1 aromatic heterocycles. The van der Waals surface area contributed by atoms with E-state index >= 15 is 0 Å². The molecule has 1 aromatic carbocycles. The Morgan fingerprint density at radius 3 is 2.96 bits per heavy atom. The quantitative estimate of drug-likeness (QED) is 0.810. The van der Waals surface area contributed by atoms with E-state index in [2.05, 4.69) is 20.7 Å². The van der Waals surface area contributed by atoms with Crippen LogP contribution < -0.4 is 9.62 Å². The minimum Gasteiger partial charge on any atom is -0.476 e. The number of rotatable bonds is 6. The molecule has 9 heteroatoms. The number of nitrogens with zero attached hydrogens (tertiary/aromatic N) is 2. The van der Waals surface area contributed by atoms with Gasteiger partial charge in [0.25, 0.3) is 0 Å². The lowest BCUT2D eigenvalue weighted by Crippen LogP contribution is -2.35. The molecule has 24 heavy (non-hydrogen) atoms. The lowest BCUT2D eigenvalue weighted by Gasteiger charge is -2.31. The Bertz CT molecular complexity index is 848. The molecule has 1 aliphatic heterocycles. The summed E-state index contributed by atoms with van der Waals surface area (Å²) >= 11 is 0.959. The first kappa shape index (κ1) is 16.7. The third-order valence-corrected chi connectivity index (χ3v) is 5.96. The fourth-order valence-corrected chi connectivity index (χ4v) is 4.77. The van der Waals surface area contributed by atoms with E-state index in [9.17, 15) is 13.2 Å². The van der Waals surface area contributed by atoms with Crippen LogP contribution in [0, 0.1) is 0 Å². The van der Waals surface area contributed by atoms with Crippen LogP contribution in [-0.2, 0) is 16.4 Å². The van der Waals surface area contributed by atoms with Crippen LogP contribution >= 0.6 is 11.3 Å². The largest absolute Gasteiger partial charge is 0.476 e. The van der Waals surface area contributed by atoms with Crippen molar-refractivity contribution in [2.24, 2.45) is 0 Å². The van der Waals surface area contributed by atoms with Gasteiger partial charge in [-0.25, -0.2) is 18.2 Å². The molecule has 7 nitrogen and oxygen atoms in total. The van der Waals surface area contributed by atoms with Gasteiger partial charge in [-0.1, -0.05) is 18.2 Å². The molecule has 0 radical (unpaired) electrons. The predicted molar refractivity (Wildman–Crippen MR) is 93.5 cm³/mol. The second-order valence-electron chi connectivity index (χ2n) is 5.48. The summed E-state index contributed by atoms with van der Waals surface area (Å²) in [7, 11) is -3.65. The summed E-state index contributed by atoms with van der Waals surface area (Å²) in [6, 6.07) is 7.99. The van der Waals surface area contributed by atoms with E-state index in [0.29, 0.717) is 6.54 Å². The molecule has 0 fully saturated rings. The highest BCUT2D eigenvalue weighted by Gasteiger charge is 2.22. The summed E-state index contributed by atoms with van der Waals surface area (Å²) in [5, 5.41) is 9.04. The second-order valence-corrected chi connectivity index (χ2v) is 8.17. The number of carbonyl (C=O) groups is 1. The highest BCUT2D eigenvalue weighted by Crippen LogP contribution is 2.27. The van der Waals surface area contributed by atoms with Gasteiger partial charge in [0.15, 0.2) is 5.69 Å². The molecule has 2 heterocycles. The first-order valence-corrected chi connectivity index (χ1v) is 9.99. The van der Waals surface area contributed by atoms with Gasteiger partial charge in [0, 0.05) is 18.8 Å². The summed E-state index contributed by atoms with van der Waals surface area (Å²) in [4.78, 5) is 16.7. The first-order chi connectivity index (χ1) is 11.5. The molecule has 2 N–H and O–H groups in total. The zero-order chi connectivity index (χ0) is 17.2. The van der Waals surface area contributed by atoms with Gasteiger partial charge in [0.05, 0.1) is 11.3 Å². The normalized spacial score (nSPS) is 14.2. The number of nitrogens with one attached hydrogen (secondary N) is 1. The minimum absolute atomic E-state index is 0.0431. The number of aromatic carboxylic acids is 1. The molecule has 0 bridgehead atoms. The fraction of sp³-hybridized carbons (Fsp3) is 0.333. The molecular weight excluding hydrogens is 350 g/mol. The Kier molecular flexibility index (Phi) is 4.72. The molecule has 0 unspecified atom stereocenters. The Balaban J connectivity index is 1.68. The van der Waals surface area contributed by atoms with E-state index in [0.717, 1.165) is 36.4 Å². The highest BCUT2D eigenvalue weighted by atomic mass is 32.2. The molecule has 0 spiro atoms. The number of thiazole rings is 1. The molecule has 0 aliphatic carbocycles. The maximum absolute atomic E-state index is 12.3. The van der Waals surface area contributed by atoms with Crippen LogP contribution in [0.5, 0.6) is 0 Å². The molecule has 1 aliphatic rings. The average molecular weight is 367 g/mol. The van der Waals surface area contributed by atoms with Crippen molar-refractivity contribution in [3.63, 3.8) is 0 Å². The number of aryl methyl sites for hydroxylation is 1. The van der Waals surface area contributed by atoms with E-state index in [1.54, 1.807) is 0 Å². The molecule has 128 valence electrons. The van der Waals surface area contributed by atoms with Gasteiger partial charge in [0.1, 0.15) is 5.00 Å². The third kappa shape index (κ3) is 3.68. The standard InChI is InChI=1S/C15H17N3O4S2/c19-15(20)13-14(23-10-16-13)17-24(21,22)9-8-18-7-3-5-11-4-1-2-6-12(11)18/h1-2,4,6,10,17H,3,5,7-9H2,(H,19,20). The van der Waals surface area contributed by atoms with Crippen molar-refractivity contribution in [1.82, 2.24) is 4.98 Å². The summed E-state index contributed by atoms with van der Waals surface area (Å²) in [6.07, 6.45) is 1.99. The molecule has 0 atom stereocenters. The van der Waals surface area contributed by atoms with Crippen molar-refractivity contribution < 1.29 is 18.3 Å². The number of para-hydroxylation sites is 1. The van der Waals surface area contributed by atoms with Crippen LogP contribution in [0.4, 0.5) is 10.7 Å². The van der Waals surface area contributed by atoms with E-state index in [1.807, 2.05) is 18.2 Å². The molecular formula is C15H17N3O4S2. The summed E-state index contributed by atoms with van der Waals surface area (Å²) < 4.78 is 26.9. The van der Waals surface area contributed by atoms with Gasteiger partial charge in [-0.3, -0.25) is 4.72 Å². The number of anilines is 2. The lowest BCUT2D eigenvalue weighted by molar-refractivity contribution is 0.0692. The van der Waals surface area contributed by atoms with E-state index in [-0.39, 0.29) is 16.4 Å². The molecule has 0 saturated heterocycles. The second kappa shape index (κ2) is 6.78. The van der Waals surface area contributed by atoms with Gasteiger partial charge in [0.2, 0.25) is 10.0 Å². The summed E-state index contributed by atoms with van der Waals surface area (Å²) in [5.74, 6) is -1.36. The number of hydrogen-bond acceptors (Lipinski definition) is 6. The monoisotopic (exact) mass is 367 g/mol. The summed E-state index contributed by atoms with van der Waals surface area (Å²) in [6.45, 7) is 1.17. The van der Waals surface area contributed by atoms with E-state index < -0.39 is 16.0 Å². The molecule has 3 rings (SSSR count). The topological polar surface area (TPSA) is 99.6 Å². The van der Waals surface area contributed by atoms with Crippen LogP contribution in [0.2, 0.25) is 0 Å². The number of fused-ring (bicyclic) bond motifs is 1. The van der Waals surface area contributed by atoms with E-state index in [1.165, 1.54) is 11.1 Å². The molecule has 0 amide bonds. The number of carboxylic acids is 1. The Labute approximate surface area is 144 Å². The van der Waals surface area contributed by atoms with Crippen molar-refractivity contribution in [1.29, 1.82) is 0 Å². The van der Waals surface area contributed by atoms with Gasteiger partial charge in [-0.15, -0.1) is 11.3 Å². The van der Waals surface area contributed by atoms with Crippen LogP contribution in [0.3, 0.4) is 0 Å². The minimum atomic E-state index is -3.65. The fourth-order valence-electron chi connectivity index (χ4n) is 2.74. The highest BCUT2D eigenvalue weighted by molar-refractivity contribution is 7.92. The number of hydrogen-bond donors (Lipinski definition) is 2. The Morgan fingerprint density at radius 2 is 2.17 bits per heavy atom. The summed E-state index contributed by atoms with van der Waals surface area (Å²) in [5.41, 5.74) is 3.34. The van der Waals surface area contributed by atoms with Crippen molar-refractivity contribution in [2.45, 2.75) is 12.8 Å². The average Bonchev–Trinajstić information content (AvgIpc) is 3.00. The van der Waals surface area contributed by atoms with Crippen molar-refractivity contribution in [3.05, 3.63) is 41.0 Å². The van der Waals surface area contributed by atoms with E-state index in [4.69, 9.17) is 5.11 Å². The maximum atomic E-state index is 12.3. The molecule has 2 aromatic rings. The molecule has 0 saturated carbocycles. The number of benzene rings is 1. The van der Waals surface area contributed by atoms with Crippen LogP contribution in [0.15, 0.2) is 29.8 Å². The van der Waals surface area contributed by atoms with Crippen LogP contribution in [-0.4, -0.2) is 43.3 Å². The van der Waals surface area contributed by atoms with Gasteiger partial charge >= 0.3 is 5.97 Å². The zero-order valence-corrected chi connectivity index (χ0v) is 14.4. The number of sulfonamides is 1. The number of aromatic nitrogens is 1. The van der Waals surface area contributed by atoms with Crippen LogP contribution in [0.1, 0.15) is 22.5 Å².